The molecule has 0 aliphatic carbocycles. The van der Waals surface area contributed by atoms with Gasteiger partial charge >= 0.3 is 0 Å². The molecule has 1 aliphatic heterocycles. The smallest absolute Gasteiger partial charge is 0.168 e. The molecule has 7 heteroatoms. The minimum atomic E-state index is -0.803. The van der Waals surface area contributed by atoms with Crippen LogP contribution >= 0.6 is 0 Å². The average Bonchev–Trinajstić information content (AvgIpc) is 2.70. The Balaban J connectivity index is 1.92. The maximum Gasteiger partial charge on any atom is 0.168 e. The quantitative estimate of drug-likeness (QED) is 0.526. The van der Waals surface area contributed by atoms with E-state index in [0.717, 1.165) is 0 Å². The summed E-state index contributed by atoms with van der Waals surface area (Å²) in [6.07, 6.45) is -0.803. The van der Waals surface area contributed by atoms with Gasteiger partial charge in [0.1, 0.15) is 17.2 Å². The van der Waals surface area contributed by atoms with E-state index in [1.54, 1.807) is 60.7 Å². The second-order valence-corrected chi connectivity index (χ2v) is 6.26. The number of nitrogens with zero attached hydrogens (tertiary/aromatic N) is 3. The van der Waals surface area contributed by atoms with Gasteiger partial charge in [0.15, 0.2) is 17.8 Å². The first-order valence-electron chi connectivity index (χ1n) is 8.61. The molecule has 28 heavy (non-hydrogen) atoms. The topological polar surface area (TPSA) is 115 Å². The molecule has 0 aromatic heterocycles. The van der Waals surface area contributed by atoms with Gasteiger partial charge in [-0.25, -0.2) is 15.8 Å². The van der Waals surface area contributed by atoms with Crippen molar-refractivity contribution in [1.29, 1.82) is 0 Å². The highest BCUT2D eigenvalue weighted by molar-refractivity contribution is 6.14. The number of amidine groups is 2. The Kier molecular flexibility index (Phi) is 4.42. The van der Waals surface area contributed by atoms with E-state index in [9.17, 15) is 15.3 Å². The fourth-order valence-corrected chi connectivity index (χ4v) is 3.06. The highest BCUT2D eigenvalue weighted by Crippen LogP contribution is 2.34. The summed E-state index contributed by atoms with van der Waals surface area (Å²) in [4.78, 5) is 9.06. The van der Waals surface area contributed by atoms with Gasteiger partial charge in [-0.3, -0.25) is 5.01 Å². The lowest BCUT2D eigenvalue weighted by Crippen LogP contribution is -2.43. The van der Waals surface area contributed by atoms with Crippen molar-refractivity contribution in [2.45, 2.75) is 6.17 Å². The van der Waals surface area contributed by atoms with E-state index in [1.165, 1.54) is 17.1 Å². The molecule has 1 atom stereocenters. The molecule has 1 unspecified atom stereocenters. The largest absolute Gasteiger partial charge is 0.508 e. The van der Waals surface area contributed by atoms with E-state index in [0.29, 0.717) is 16.7 Å². The third kappa shape index (κ3) is 3.04. The zero-order valence-electron chi connectivity index (χ0n) is 14.8. The van der Waals surface area contributed by atoms with Crippen LogP contribution in [0.2, 0.25) is 0 Å². The normalized spacial score (nSPS) is 16.5. The second-order valence-electron chi connectivity index (χ2n) is 6.26. The minimum absolute atomic E-state index is 0.00580. The molecule has 5 N–H and O–H groups in total. The Morgan fingerprint density at radius 1 is 0.714 bits per heavy atom. The van der Waals surface area contributed by atoms with Crippen LogP contribution in [-0.4, -0.2) is 32.0 Å². The van der Waals surface area contributed by atoms with Gasteiger partial charge in [-0.05, 0) is 30.3 Å². The molecule has 0 fully saturated rings. The number of nitrogens with two attached hydrogens (primary N) is 1. The van der Waals surface area contributed by atoms with Crippen molar-refractivity contribution in [3.8, 4) is 17.2 Å². The fourth-order valence-electron chi connectivity index (χ4n) is 3.06. The summed E-state index contributed by atoms with van der Waals surface area (Å²) in [6, 6.07) is 20.1. The van der Waals surface area contributed by atoms with Gasteiger partial charge in [-0.1, -0.05) is 42.5 Å². The maximum absolute atomic E-state index is 10.3. The number of phenols is 3. The first-order valence-corrected chi connectivity index (χ1v) is 8.61. The predicted molar refractivity (Wildman–Crippen MR) is 106 cm³/mol. The van der Waals surface area contributed by atoms with Crippen LogP contribution in [-0.2, 0) is 0 Å². The fraction of sp³-hybridized carbons (Fsp3) is 0.0476. The predicted octanol–water partition coefficient (Wildman–Crippen LogP) is 2.88. The Bertz CT molecular complexity index is 1090. The van der Waals surface area contributed by atoms with Crippen molar-refractivity contribution >= 4 is 11.7 Å². The standard InChI is InChI=1S/C21H18N4O3/c22-25-20(14-8-2-5-11-17(14)27)23-19(13-7-1-4-10-16(13)26)24-21(25)15-9-3-6-12-18(15)28/h1-12,20,26-28H,22H2. The third-order valence-electron chi connectivity index (χ3n) is 4.47. The number of rotatable bonds is 3. The molecule has 1 aliphatic rings. The Labute approximate surface area is 161 Å². The van der Waals surface area contributed by atoms with Gasteiger partial charge in [-0.2, -0.15) is 0 Å². The number of hydrogen-bond acceptors (Lipinski definition) is 7. The number of hydrogen-bond donors (Lipinski definition) is 4. The molecule has 0 bridgehead atoms. The number of para-hydroxylation sites is 3. The molecule has 3 aromatic carbocycles. The van der Waals surface area contributed by atoms with E-state index < -0.39 is 6.17 Å². The molecule has 3 aromatic rings. The Morgan fingerprint density at radius 2 is 1.25 bits per heavy atom. The van der Waals surface area contributed by atoms with Crippen LogP contribution in [0.3, 0.4) is 0 Å². The minimum Gasteiger partial charge on any atom is -0.508 e. The van der Waals surface area contributed by atoms with Gasteiger partial charge in [0.25, 0.3) is 0 Å². The number of hydrazine groups is 1. The van der Waals surface area contributed by atoms with Crippen molar-refractivity contribution < 1.29 is 15.3 Å². The van der Waals surface area contributed by atoms with E-state index in [4.69, 9.17) is 5.84 Å². The van der Waals surface area contributed by atoms with Crippen LogP contribution in [0.25, 0.3) is 0 Å². The summed E-state index contributed by atoms with van der Waals surface area (Å²) < 4.78 is 0. The zero-order valence-corrected chi connectivity index (χ0v) is 14.8. The molecular weight excluding hydrogens is 356 g/mol. The molecule has 0 spiro atoms. The first kappa shape index (κ1) is 17.6. The lowest BCUT2D eigenvalue weighted by atomic mass is 10.1. The van der Waals surface area contributed by atoms with Crippen LogP contribution in [0, 0.1) is 0 Å². The SMILES string of the molecule is NN1C(c2ccccc2O)=NC(c2ccccc2O)=NC1c1ccccc1O. The van der Waals surface area contributed by atoms with E-state index in [-0.39, 0.29) is 28.9 Å². The number of aliphatic imine (C=N–C) groups is 2. The van der Waals surface area contributed by atoms with Gasteiger partial charge in [0.2, 0.25) is 0 Å². The molecular formula is C21H18N4O3. The molecule has 0 amide bonds. The Morgan fingerprint density at radius 3 is 1.86 bits per heavy atom. The van der Waals surface area contributed by atoms with Crippen LogP contribution in [0.15, 0.2) is 82.8 Å². The van der Waals surface area contributed by atoms with Crippen molar-refractivity contribution in [1.82, 2.24) is 5.01 Å². The van der Waals surface area contributed by atoms with Gasteiger partial charge in [0.05, 0.1) is 11.1 Å². The highest BCUT2D eigenvalue weighted by atomic mass is 16.3. The molecule has 0 radical (unpaired) electrons. The van der Waals surface area contributed by atoms with Crippen molar-refractivity contribution in [3.63, 3.8) is 0 Å². The van der Waals surface area contributed by atoms with Crippen molar-refractivity contribution in [2.24, 2.45) is 15.8 Å². The summed E-state index contributed by atoms with van der Waals surface area (Å²) in [5.41, 5.74) is 1.30. The van der Waals surface area contributed by atoms with Crippen LogP contribution in [0.5, 0.6) is 17.2 Å². The Hall–Kier alpha value is -3.84. The summed E-state index contributed by atoms with van der Waals surface area (Å²) in [7, 11) is 0. The summed E-state index contributed by atoms with van der Waals surface area (Å²) in [5.74, 6) is 6.87. The van der Waals surface area contributed by atoms with Crippen LogP contribution in [0.1, 0.15) is 22.9 Å². The molecule has 0 saturated heterocycles. The molecule has 140 valence electrons. The highest BCUT2D eigenvalue weighted by Gasteiger charge is 2.30. The number of aromatic hydroxyl groups is 3. The van der Waals surface area contributed by atoms with Crippen LogP contribution in [0.4, 0.5) is 0 Å². The molecule has 7 nitrogen and oxygen atoms in total. The molecule has 4 rings (SSSR count). The summed E-state index contributed by atoms with van der Waals surface area (Å²) in [6.45, 7) is 0. The first-order chi connectivity index (χ1) is 13.6. The van der Waals surface area contributed by atoms with E-state index in [1.807, 2.05) is 0 Å². The lowest BCUT2D eigenvalue weighted by molar-refractivity contribution is 0.321. The van der Waals surface area contributed by atoms with Gasteiger partial charge in [0, 0.05) is 5.56 Å². The van der Waals surface area contributed by atoms with Crippen molar-refractivity contribution in [3.05, 3.63) is 89.5 Å². The third-order valence-corrected chi connectivity index (χ3v) is 4.47. The zero-order chi connectivity index (χ0) is 19.7. The molecule has 0 saturated carbocycles. The van der Waals surface area contributed by atoms with Crippen LogP contribution < -0.4 is 5.84 Å². The number of phenolic OH excluding ortho intramolecular Hbond substituents is 3. The maximum atomic E-state index is 10.3. The van der Waals surface area contributed by atoms with E-state index in [2.05, 4.69) is 9.98 Å². The van der Waals surface area contributed by atoms with Crippen molar-refractivity contribution in [2.75, 3.05) is 0 Å². The van der Waals surface area contributed by atoms with E-state index >= 15 is 0 Å². The summed E-state index contributed by atoms with van der Waals surface area (Å²) in [5, 5.41) is 32.2. The van der Waals surface area contributed by atoms with Gasteiger partial charge in [-0.15, -0.1) is 0 Å². The second kappa shape index (κ2) is 7.05. The monoisotopic (exact) mass is 374 g/mol. The average molecular weight is 374 g/mol. The molecule has 1 heterocycles. The van der Waals surface area contributed by atoms with Gasteiger partial charge < -0.3 is 15.3 Å². The number of benzene rings is 3. The summed E-state index contributed by atoms with van der Waals surface area (Å²) >= 11 is 0. The lowest BCUT2D eigenvalue weighted by Gasteiger charge is -2.32.